The first kappa shape index (κ1) is 30.1. The standard InChI is InChI=1S/C28H35N9O5S/c1-28(2,3)42-27(38)33-21-5-8-23(9-6-21)37-25-20(18-31-37)17-30-26(34-25)32-22-7-10-24(29-19-22)35-43(39,40)16-4-11-36-12-14-41-15-13-36/h5-10,17-19H,4,11-16H2,1-3H3,(H,29,35)(H,33,38)(H,30,32,34). The molecule has 228 valence electrons. The molecule has 1 saturated heterocycles. The lowest BCUT2D eigenvalue weighted by Crippen LogP contribution is -2.37. The maximum absolute atomic E-state index is 12.5. The van der Waals surface area contributed by atoms with Gasteiger partial charge in [0.25, 0.3) is 0 Å². The molecular weight excluding hydrogens is 574 g/mol. The number of ether oxygens (including phenoxy) is 2. The fourth-order valence-electron chi connectivity index (χ4n) is 4.34. The zero-order chi connectivity index (χ0) is 30.5. The van der Waals surface area contributed by atoms with Crippen LogP contribution in [0.4, 0.5) is 27.9 Å². The smallest absolute Gasteiger partial charge is 0.412 e. The molecule has 3 aromatic heterocycles. The number of morpholine rings is 1. The van der Waals surface area contributed by atoms with Gasteiger partial charge in [0, 0.05) is 25.0 Å². The molecule has 4 heterocycles. The summed E-state index contributed by atoms with van der Waals surface area (Å²) >= 11 is 0. The molecule has 43 heavy (non-hydrogen) atoms. The Bertz CT molecular complexity index is 1650. The number of carbonyl (C=O) groups is 1. The first-order valence-electron chi connectivity index (χ1n) is 13.9. The predicted molar refractivity (Wildman–Crippen MR) is 163 cm³/mol. The van der Waals surface area contributed by atoms with Crippen molar-refractivity contribution in [3.05, 3.63) is 55.0 Å². The van der Waals surface area contributed by atoms with E-state index in [2.05, 4.69) is 40.3 Å². The van der Waals surface area contributed by atoms with E-state index < -0.39 is 21.7 Å². The van der Waals surface area contributed by atoms with Gasteiger partial charge in [-0.15, -0.1) is 0 Å². The average Bonchev–Trinajstić information content (AvgIpc) is 3.37. The lowest BCUT2D eigenvalue weighted by atomic mass is 10.2. The van der Waals surface area contributed by atoms with E-state index in [0.717, 1.165) is 24.2 Å². The summed E-state index contributed by atoms with van der Waals surface area (Å²) in [5.74, 6) is 0.558. The van der Waals surface area contributed by atoms with Gasteiger partial charge in [-0.25, -0.2) is 27.9 Å². The van der Waals surface area contributed by atoms with E-state index in [1.165, 1.54) is 6.20 Å². The van der Waals surface area contributed by atoms with Crippen molar-refractivity contribution < 1.29 is 22.7 Å². The van der Waals surface area contributed by atoms with E-state index in [-0.39, 0.29) is 11.6 Å². The fraction of sp³-hybridized carbons (Fsp3) is 0.393. The Labute approximate surface area is 249 Å². The Morgan fingerprint density at radius 1 is 1.00 bits per heavy atom. The van der Waals surface area contributed by atoms with E-state index in [1.807, 2.05) is 0 Å². The largest absolute Gasteiger partial charge is 0.444 e. The number of anilines is 4. The number of hydrogen-bond donors (Lipinski definition) is 3. The van der Waals surface area contributed by atoms with Gasteiger partial charge in [0.15, 0.2) is 5.65 Å². The fourth-order valence-corrected chi connectivity index (χ4v) is 5.40. The molecule has 1 aliphatic heterocycles. The summed E-state index contributed by atoms with van der Waals surface area (Å²) in [5.41, 5.74) is 1.87. The van der Waals surface area contributed by atoms with Crippen molar-refractivity contribution in [2.45, 2.75) is 32.8 Å². The van der Waals surface area contributed by atoms with Crippen LogP contribution in [0.1, 0.15) is 27.2 Å². The molecule has 0 radical (unpaired) electrons. The van der Waals surface area contributed by atoms with Crippen molar-refractivity contribution in [2.75, 3.05) is 54.0 Å². The third-order valence-corrected chi connectivity index (χ3v) is 7.68. The van der Waals surface area contributed by atoms with Crippen LogP contribution in [0.15, 0.2) is 55.0 Å². The third kappa shape index (κ3) is 8.59. The van der Waals surface area contributed by atoms with Crippen molar-refractivity contribution in [3.63, 3.8) is 0 Å². The molecule has 0 saturated carbocycles. The zero-order valence-corrected chi connectivity index (χ0v) is 25.1. The van der Waals surface area contributed by atoms with Gasteiger partial charge in [-0.05, 0) is 70.1 Å². The van der Waals surface area contributed by atoms with E-state index >= 15 is 0 Å². The molecule has 3 N–H and O–H groups in total. The van der Waals surface area contributed by atoms with Gasteiger partial charge in [-0.1, -0.05) is 0 Å². The van der Waals surface area contributed by atoms with Crippen molar-refractivity contribution in [2.24, 2.45) is 0 Å². The number of amides is 1. The number of aromatic nitrogens is 5. The van der Waals surface area contributed by atoms with Gasteiger partial charge in [-0.2, -0.15) is 10.1 Å². The Balaban J connectivity index is 1.19. The summed E-state index contributed by atoms with van der Waals surface area (Å²) in [6.07, 6.45) is 4.81. The molecule has 5 rings (SSSR count). The third-order valence-electron chi connectivity index (χ3n) is 6.34. The summed E-state index contributed by atoms with van der Waals surface area (Å²) in [4.78, 5) is 27.5. The lowest BCUT2D eigenvalue weighted by molar-refractivity contribution is 0.0381. The molecule has 0 unspecified atom stereocenters. The maximum Gasteiger partial charge on any atom is 0.412 e. The van der Waals surface area contributed by atoms with Gasteiger partial charge >= 0.3 is 6.09 Å². The number of rotatable bonds is 10. The summed E-state index contributed by atoms with van der Waals surface area (Å²) in [6, 6.07) is 10.4. The normalized spacial score (nSPS) is 14.4. The molecular formula is C28H35N9O5S. The first-order valence-corrected chi connectivity index (χ1v) is 15.5. The molecule has 0 aliphatic carbocycles. The van der Waals surface area contributed by atoms with Gasteiger partial charge in [0.2, 0.25) is 16.0 Å². The Hall–Kier alpha value is -4.34. The highest BCUT2D eigenvalue weighted by Gasteiger charge is 2.17. The van der Waals surface area contributed by atoms with Crippen molar-refractivity contribution in [3.8, 4) is 5.69 Å². The second kappa shape index (κ2) is 12.9. The zero-order valence-electron chi connectivity index (χ0n) is 24.3. The van der Waals surface area contributed by atoms with Crippen LogP contribution in [-0.2, 0) is 19.5 Å². The van der Waals surface area contributed by atoms with Crippen molar-refractivity contribution >= 4 is 50.3 Å². The number of pyridine rings is 1. The number of benzene rings is 1. The summed E-state index contributed by atoms with van der Waals surface area (Å²) in [7, 11) is -3.52. The SMILES string of the molecule is CC(C)(C)OC(=O)Nc1ccc(-n2ncc3cnc(Nc4ccc(NS(=O)(=O)CCCN5CCOCC5)nc4)nc32)cc1. The number of carbonyl (C=O) groups excluding carboxylic acids is 1. The average molecular weight is 610 g/mol. The second-order valence-electron chi connectivity index (χ2n) is 11.0. The molecule has 0 spiro atoms. The molecule has 1 aromatic carbocycles. The van der Waals surface area contributed by atoms with Crippen LogP contribution >= 0.6 is 0 Å². The second-order valence-corrected chi connectivity index (χ2v) is 12.8. The number of nitrogens with one attached hydrogen (secondary N) is 3. The monoisotopic (exact) mass is 609 g/mol. The Morgan fingerprint density at radius 2 is 1.74 bits per heavy atom. The van der Waals surface area contributed by atoms with Gasteiger partial charge < -0.3 is 14.8 Å². The summed E-state index contributed by atoms with van der Waals surface area (Å²) in [5, 5.41) is 11.0. The topological polar surface area (TPSA) is 165 Å². The van der Waals surface area contributed by atoms with Crippen LogP contribution in [0.5, 0.6) is 0 Å². The Kier molecular flexibility index (Phi) is 9.03. The quantitative estimate of drug-likeness (QED) is 0.240. The minimum atomic E-state index is -3.52. The van der Waals surface area contributed by atoms with Crippen molar-refractivity contribution in [1.82, 2.24) is 29.6 Å². The number of sulfonamides is 1. The minimum absolute atomic E-state index is 0.0105. The highest BCUT2D eigenvalue weighted by atomic mass is 32.2. The van der Waals surface area contributed by atoms with E-state index in [4.69, 9.17) is 9.47 Å². The van der Waals surface area contributed by atoms with Crippen LogP contribution in [-0.4, -0.2) is 88.3 Å². The van der Waals surface area contributed by atoms with Gasteiger partial charge in [-0.3, -0.25) is 14.9 Å². The highest BCUT2D eigenvalue weighted by Crippen LogP contribution is 2.21. The molecule has 14 nitrogen and oxygen atoms in total. The van der Waals surface area contributed by atoms with E-state index in [1.54, 1.807) is 74.2 Å². The number of hydrogen-bond acceptors (Lipinski definition) is 11. The predicted octanol–water partition coefficient (Wildman–Crippen LogP) is 3.77. The first-order chi connectivity index (χ1) is 20.5. The molecule has 1 amide bonds. The van der Waals surface area contributed by atoms with Crippen LogP contribution < -0.4 is 15.4 Å². The maximum atomic E-state index is 12.5. The number of fused-ring (bicyclic) bond motifs is 1. The lowest BCUT2D eigenvalue weighted by Gasteiger charge is -2.26. The van der Waals surface area contributed by atoms with Crippen LogP contribution in [0.3, 0.4) is 0 Å². The molecule has 1 aliphatic rings. The summed E-state index contributed by atoms with van der Waals surface area (Å²) < 4.78 is 39.9. The molecule has 0 bridgehead atoms. The van der Waals surface area contributed by atoms with Gasteiger partial charge in [0.05, 0.1) is 48.1 Å². The Morgan fingerprint density at radius 3 is 2.44 bits per heavy atom. The summed E-state index contributed by atoms with van der Waals surface area (Å²) in [6.45, 7) is 9.13. The van der Waals surface area contributed by atoms with Crippen LogP contribution in [0, 0.1) is 0 Å². The highest BCUT2D eigenvalue weighted by molar-refractivity contribution is 7.92. The van der Waals surface area contributed by atoms with E-state index in [0.29, 0.717) is 49.1 Å². The van der Waals surface area contributed by atoms with Gasteiger partial charge in [0.1, 0.15) is 11.4 Å². The molecule has 0 atom stereocenters. The number of nitrogens with zero attached hydrogens (tertiary/aromatic N) is 6. The van der Waals surface area contributed by atoms with Crippen LogP contribution in [0.2, 0.25) is 0 Å². The van der Waals surface area contributed by atoms with Crippen LogP contribution in [0.25, 0.3) is 16.7 Å². The molecule has 1 fully saturated rings. The minimum Gasteiger partial charge on any atom is -0.444 e. The molecule has 15 heteroatoms. The molecule has 4 aromatic rings. The van der Waals surface area contributed by atoms with Crippen molar-refractivity contribution in [1.29, 1.82) is 0 Å². The van der Waals surface area contributed by atoms with E-state index in [9.17, 15) is 13.2 Å².